The van der Waals surface area contributed by atoms with Crippen LogP contribution >= 0.6 is 0 Å². The van der Waals surface area contributed by atoms with E-state index in [1.807, 2.05) is 11.0 Å². The lowest BCUT2D eigenvalue weighted by atomic mass is 9.73. The number of aliphatic hydroxyl groups excluding tert-OH is 1. The van der Waals surface area contributed by atoms with Gasteiger partial charge < -0.3 is 14.9 Å². The van der Waals surface area contributed by atoms with Crippen LogP contribution in [0.4, 0.5) is 0 Å². The van der Waals surface area contributed by atoms with Gasteiger partial charge in [-0.3, -0.25) is 4.79 Å². The van der Waals surface area contributed by atoms with Crippen molar-refractivity contribution in [2.75, 3.05) is 39.8 Å². The van der Waals surface area contributed by atoms with E-state index in [0.29, 0.717) is 18.3 Å². The third-order valence-corrected chi connectivity index (χ3v) is 6.40. The van der Waals surface area contributed by atoms with Crippen LogP contribution < -0.4 is 0 Å². The summed E-state index contributed by atoms with van der Waals surface area (Å²) in [6.07, 6.45) is 3.60. The predicted molar refractivity (Wildman–Crippen MR) is 100 cm³/mol. The molecule has 25 heavy (non-hydrogen) atoms. The molecule has 1 N–H and O–H groups in total. The van der Waals surface area contributed by atoms with E-state index in [4.69, 9.17) is 0 Å². The van der Waals surface area contributed by atoms with Gasteiger partial charge in [0.2, 0.25) is 5.91 Å². The fourth-order valence-corrected chi connectivity index (χ4v) is 4.56. The summed E-state index contributed by atoms with van der Waals surface area (Å²) in [5.41, 5.74) is 1.30. The Bertz CT molecular complexity index is 577. The van der Waals surface area contributed by atoms with Crippen molar-refractivity contribution in [2.45, 2.75) is 38.5 Å². The molecule has 2 fully saturated rings. The van der Waals surface area contributed by atoms with E-state index in [1.54, 1.807) is 0 Å². The first-order valence-electron chi connectivity index (χ1n) is 9.66. The van der Waals surface area contributed by atoms with E-state index in [2.05, 4.69) is 43.1 Å². The molecule has 0 aliphatic carbocycles. The molecule has 0 saturated carbocycles. The SMILES string of the molecule is CC(CCCC(=O)N1C[C@@H]2CN(C)CC[C@]2(CO)C1)c1ccccc1. The summed E-state index contributed by atoms with van der Waals surface area (Å²) in [4.78, 5) is 17.0. The van der Waals surface area contributed by atoms with Crippen LogP contribution in [-0.2, 0) is 4.79 Å². The molecule has 0 spiro atoms. The number of rotatable bonds is 6. The quantitative estimate of drug-likeness (QED) is 0.863. The van der Waals surface area contributed by atoms with E-state index >= 15 is 0 Å². The Balaban J connectivity index is 1.49. The van der Waals surface area contributed by atoms with Gasteiger partial charge in [0.1, 0.15) is 0 Å². The van der Waals surface area contributed by atoms with Crippen molar-refractivity contribution in [3.63, 3.8) is 0 Å². The first kappa shape index (κ1) is 18.4. The molecule has 0 bridgehead atoms. The number of nitrogens with zero attached hydrogens (tertiary/aromatic N) is 2. The second kappa shape index (κ2) is 7.88. The predicted octanol–water partition coefficient (Wildman–Crippen LogP) is 2.73. The zero-order valence-electron chi connectivity index (χ0n) is 15.7. The fraction of sp³-hybridized carbons (Fsp3) is 0.667. The van der Waals surface area contributed by atoms with Crippen LogP contribution in [-0.4, -0.2) is 60.6 Å². The third kappa shape index (κ3) is 4.06. The smallest absolute Gasteiger partial charge is 0.222 e. The van der Waals surface area contributed by atoms with Gasteiger partial charge in [-0.15, -0.1) is 0 Å². The summed E-state index contributed by atoms with van der Waals surface area (Å²) in [5, 5.41) is 9.96. The Hall–Kier alpha value is -1.39. The van der Waals surface area contributed by atoms with Crippen molar-refractivity contribution in [1.29, 1.82) is 0 Å². The van der Waals surface area contributed by atoms with Crippen LogP contribution in [0.5, 0.6) is 0 Å². The zero-order valence-corrected chi connectivity index (χ0v) is 15.7. The highest BCUT2D eigenvalue weighted by atomic mass is 16.3. The number of amides is 1. The van der Waals surface area contributed by atoms with Gasteiger partial charge in [0.25, 0.3) is 0 Å². The van der Waals surface area contributed by atoms with E-state index < -0.39 is 0 Å². The van der Waals surface area contributed by atoms with Gasteiger partial charge in [-0.2, -0.15) is 0 Å². The summed E-state index contributed by atoms with van der Waals surface area (Å²) < 4.78 is 0. The number of carbonyl (C=O) groups is 1. The van der Waals surface area contributed by atoms with Crippen LogP contribution in [0.15, 0.2) is 30.3 Å². The minimum Gasteiger partial charge on any atom is -0.396 e. The summed E-state index contributed by atoms with van der Waals surface area (Å²) >= 11 is 0. The van der Waals surface area contributed by atoms with E-state index in [0.717, 1.165) is 45.4 Å². The van der Waals surface area contributed by atoms with Crippen molar-refractivity contribution in [3.8, 4) is 0 Å². The molecule has 4 nitrogen and oxygen atoms in total. The number of fused-ring (bicyclic) bond motifs is 1. The molecule has 4 heteroatoms. The molecule has 2 saturated heterocycles. The average molecular weight is 344 g/mol. The van der Waals surface area contributed by atoms with Crippen LogP contribution in [0.2, 0.25) is 0 Å². The third-order valence-electron chi connectivity index (χ3n) is 6.40. The number of aliphatic hydroxyl groups is 1. The second-order valence-electron chi connectivity index (χ2n) is 8.21. The zero-order chi connectivity index (χ0) is 17.9. The topological polar surface area (TPSA) is 43.8 Å². The summed E-state index contributed by atoms with van der Waals surface area (Å²) in [6.45, 7) is 6.03. The van der Waals surface area contributed by atoms with Crippen molar-refractivity contribution in [1.82, 2.24) is 9.80 Å². The normalized spacial score (nSPS) is 28.0. The maximum absolute atomic E-state index is 12.7. The van der Waals surface area contributed by atoms with Gasteiger partial charge >= 0.3 is 0 Å². The highest BCUT2D eigenvalue weighted by Gasteiger charge is 2.49. The van der Waals surface area contributed by atoms with Gasteiger partial charge in [-0.25, -0.2) is 0 Å². The van der Waals surface area contributed by atoms with Crippen LogP contribution in [0.25, 0.3) is 0 Å². The van der Waals surface area contributed by atoms with Gasteiger partial charge in [-0.05, 0) is 50.3 Å². The fourth-order valence-electron chi connectivity index (χ4n) is 4.56. The number of likely N-dealkylation sites (tertiary alicyclic amines) is 2. The molecular weight excluding hydrogens is 312 g/mol. The van der Waals surface area contributed by atoms with Gasteiger partial charge in [-0.1, -0.05) is 37.3 Å². The standard InChI is InChI=1S/C21H32N2O2/c1-17(18-8-4-3-5-9-18)7-6-10-20(25)23-14-19-13-22(2)12-11-21(19,15-23)16-24/h3-5,8-9,17,19,24H,6-7,10-16H2,1-2H3/t17?,19-,21+/m0/s1. The average Bonchev–Trinajstić information content (AvgIpc) is 3.01. The number of benzene rings is 1. The molecule has 1 amide bonds. The number of carbonyl (C=O) groups excluding carboxylic acids is 1. The van der Waals surface area contributed by atoms with Crippen molar-refractivity contribution >= 4 is 5.91 Å². The van der Waals surface area contributed by atoms with Crippen LogP contribution in [0.3, 0.4) is 0 Å². The van der Waals surface area contributed by atoms with Crippen LogP contribution in [0, 0.1) is 11.3 Å². The summed E-state index contributed by atoms with van der Waals surface area (Å²) in [6, 6.07) is 10.5. The molecule has 3 atom stereocenters. The number of hydrogen-bond acceptors (Lipinski definition) is 3. The Labute approximate surface area is 151 Å². The highest BCUT2D eigenvalue weighted by molar-refractivity contribution is 5.76. The summed E-state index contributed by atoms with van der Waals surface area (Å²) in [5.74, 6) is 1.18. The molecule has 0 aromatic heterocycles. The Kier molecular flexibility index (Phi) is 5.80. The molecule has 1 aromatic carbocycles. The van der Waals surface area contributed by atoms with Crippen molar-refractivity contribution in [2.24, 2.45) is 11.3 Å². The second-order valence-corrected chi connectivity index (χ2v) is 8.21. The Morgan fingerprint density at radius 2 is 2.08 bits per heavy atom. The van der Waals surface area contributed by atoms with Crippen molar-refractivity contribution in [3.05, 3.63) is 35.9 Å². The molecule has 2 aliphatic heterocycles. The van der Waals surface area contributed by atoms with Crippen molar-refractivity contribution < 1.29 is 9.90 Å². The van der Waals surface area contributed by atoms with E-state index in [1.165, 1.54) is 5.56 Å². The summed E-state index contributed by atoms with van der Waals surface area (Å²) in [7, 11) is 2.14. The molecule has 2 aliphatic rings. The Morgan fingerprint density at radius 1 is 1.32 bits per heavy atom. The molecule has 1 unspecified atom stereocenters. The van der Waals surface area contributed by atoms with Crippen LogP contribution in [0.1, 0.15) is 44.1 Å². The maximum Gasteiger partial charge on any atom is 0.222 e. The lowest BCUT2D eigenvalue weighted by Crippen LogP contribution is -2.47. The van der Waals surface area contributed by atoms with E-state index in [-0.39, 0.29) is 17.9 Å². The molecular formula is C21H32N2O2. The highest BCUT2D eigenvalue weighted by Crippen LogP contribution is 2.42. The van der Waals surface area contributed by atoms with Gasteiger partial charge in [0.05, 0.1) is 6.61 Å². The molecule has 1 aromatic rings. The number of hydrogen-bond donors (Lipinski definition) is 1. The Morgan fingerprint density at radius 3 is 2.80 bits per heavy atom. The first-order valence-corrected chi connectivity index (χ1v) is 9.66. The first-order chi connectivity index (χ1) is 12.0. The van der Waals surface area contributed by atoms with Gasteiger partial charge in [0.15, 0.2) is 0 Å². The lowest BCUT2D eigenvalue weighted by molar-refractivity contribution is -0.130. The number of piperidine rings is 1. The molecule has 138 valence electrons. The van der Waals surface area contributed by atoms with E-state index in [9.17, 15) is 9.90 Å². The largest absolute Gasteiger partial charge is 0.396 e. The molecule has 0 radical (unpaired) electrons. The van der Waals surface area contributed by atoms with Gasteiger partial charge in [0, 0.05) is 31.5 Å². The molecule has 2 heterocycles. The lowest BCUT2D eigenvalue weighted by Gasteiger charge is -2.40. The monoisotopic (exact) mass is 344 g/mol. The minimum atomic E-state index is -0.0561. The minimum absolute atomic E-state index is 0.0561. The maximum atomic E-state index is 12.7. The molecule has 3 rings (SSSR count).